The van der Waals surface area contributed by atoms with Crippen molar-refractivity contribution < 1.29 is 5.11 Å². The molecule has 1 aromatic rings. The molecule has 0 heterocycles. The monoisotopic (exact) mass is 167 g/mol. The van der Waals surface area contributed by atoms with E-state index in [1.807, 2.05) is 38.1 Å². The zero-order valence-electron chi connectivity index (χ0n) is 7.75. The van der Waals surface area contributed by atoms with Gasteiger partial charge < -0.3 is 10.8 Å². The maximum atomic E-state index is 8.67. The lowest BCUT2D eigenvalue weighted by atomic mass is 10.1. The molecule has 0 unspecified atom stereocenters. The summed E-state index contributed by atoms with van der Waals surface area (Å²) in [5.41, 5.74) is 7.40. The second-order valence-electron chi connectivity index (χ2n) is 2.18. The summed E-state index contributed by atoms with van der Waals surface area (Å²) in [7, 11) is 0. The number of nitrogens with two attached hydrogens (primary N) is 1. The van der Waals surface area contributed by atoms with Gasteiger partial charge in [-0.3, -0.25) is 0 Å². The minimum absolute atomic E-state index is 0.102. The van der Waals surface area contributed by atoms with Crippen molar-refractivity contribution in [2.24, 2.45) is 5.73 Å². The Bertz CT molecular complexity index is 170. The average Bonchev–Trinajstić information content (AvgIpc) is 2.21. The summed E-state index contributed by atoms with van der Waals surface area (Å²) < 4.78 is 0. The first kappa shape index (κ1) is 11.1. The summed E-state index contributed by atoms with van der Waals surface area (Å²) in [6, 6.07) is 7.60. The molecule has 0 saturated heterocycles. The van der Waals surface area contributed by atoms with Gasteiger partial charge in [0.2, 0.25) is 0 Å². The highest BCUT2D eigenvalue weighted by molar-refractivity contribution is 5.21. The minimum Gasteiger partial charge on any atom is -0.392 e. The van der Waals surface area contributed by atoms with E-state index >= 15 is 0 Å². The van der Waals surface area contributed by atoms with E-state index in [-0.39, 0.29) is 6.61 Å². The van der Waals surface area contributed by atoms with Gasteiger partial charge >= 0.3 is 0 Å². The second-order valence-corrected chi connectivity index (χ2v) is 2.18. The Morgan fingerprint density at radius 3 is 1.83 bits per heavy atom. The number of aliphatic hydroxyl groups is 1. The van der Waals surface area contributed by atoms with Crippen LogP contribution in [0, 0.1) is 0 Å². The zero-order chi connectivity index (χ0) is 9.40. The summed E-state index contributed by atoms with van der Waals surface area (Å²) in [6.07, 6.45) is 0. The Morgan fingerprint density at radius 1 is 1.08 bits per heavy atom. The fraction of sp³-hybridized carbons (Fsp3) is 0.400. The van der Waals surface area contributed by atoms with E-state index in [1.54, 1.807) is 0 Å². The maximum absolute atomic E-state index is 8.67. The highest BCUT2D eigenvalue weighted by Crippen LogP contribution is 2.02. The van der Waals surface area contributed by atoms with Gasteiger partial charge in [-0.05, 0) is 11.1 Å². The minimum atomic E-state index is 0.102. The summed E-state index contributed by atoms with van der Waals surface area (Å²) in [6.45, 7) is 4.66. The molecule has 0 amide bonds. The van der Waals surface area contributed by atoms with Crippen LogP contribution >= 0.6 is 0 Å². The molecule has 0 radical (unpaired) electrons. The van der Waals surface area contributed by atoms with Gasteiger partial charge in [-0.1, -0.05) is 38.1 Å². The number of benzene rings is 1. The van der Waals surface area contributed by atoms with Gasteiger partial charge in [0.25, 0.3) is 0 Å². The highest BCUT2D eigenvalue weighted by atomic mass is 16.3. The van der Waals surface area contributed by atoms with Crippen molar-refractivity contribution in [3.05, 3.63) is 35.4 Å². The van der Waals surface area contributed by atoms with Gasteiger partial charge in [0, 0.05) is 6.54 Å². The molecule has 2 nitrogen and oxygen atoms in total. The molecule has 3 N–H and O–H groups in total. The van der Waals surface area contributed by atoms with Gasteiger partial charge in [-0.25, -0.2) is 0 Å². The van der Waals surface area contributed by atoms with Crippen molar-refractivity contribution in [3.8, 4) is 0 Å². The molecule has 68 valence electrons. The van der Waals surface area contributed by atoms with Crippen LogP contribution in [0.5, 0.6) is 0 Å². The van der Waals surface area contributed by atoms with Crippen molar-refractivity contribution >= 4 is 0 Å². The molecule has 0 atom stereocenters. The van der Waals surface area contributed by atoms with Crippen LogP contribution in [-0.2, 0) is 13.2 Å². The summed E-state index contributed by atoms with van der Waals surface area (Å²) in [4.78, 5) is 0. The van der Waals surface area contributed by atoms with Gasteiger partial charge in [0.05, 0.1) is 6.61 Å². The smallest absolute Gasteiger partial charge is 0.0681 e. The van der Waals surface area contributed by atoms with Crippen molar-refractivity contribution in [3.63, 3.8) is 0 Å². The van der Waals surface area contributed by atoms with Crippen LogP contribution in [0.2, 0.25) is 0 Å². The zero-order valence-corrected chi connectivity index (χ0v) is 7.75. The molecule has 1 rings (SSSR count). The first-order valence-corrected chi connectivity index (χ1v) is 4.25. The highest BCUT2D eigenvalue weighted by Gasteiger charge is 1.89. The van der Waals surface area contributed by atoms with E-state index in [0.717, 1.165) is 11.1 Å². The maximum Gasteiger partial charge on any atom is 0.0681 e. The quantitative estimate of drug-likeness (QED) is 0.703. The number of hydrogen-bond donors (Lipinski definition) is 2. The normalized spacial score (nSPS) is 8.67. The van der Waals surface area contributed by atoms with E-state index in [2.05, 4.69) is 0 Å². The fourth-order valence-electron chi connectivity index (χ4n) is 0.781. The number of rotatable bonds is 2. The largest absolute Gasteiger partial charge is 0.392 e. The predicted molar refractivity (Wildman–Crippen MR) is 51.6 cm³/mol. The summed E-state index contributed by atoms with van der Waals surface area (Å²) >= 11 is 0. The molecular formula is C10H17NO. The van der Waals surface area contributed by atoms with Crippen LogP contribution < -0.4 is 5.73 Å². The molecule has 0 saturated carbocycles. The first-order chi connectivity index (χ1) is 5.86. The Kier molecular flexibility index (Phi) is 6.34. The van der Waals surface area contributed by atoms with E-state index in [4.69, 9.17) is 10.8 Å². The molecule has 0 fully saturated rings. The van der Waals surface area contributed by atoms with Crippen LogP contribution in [0.1, 0.15) is 25.0 Å². The molecule has 0 aliphatic heterocycles. The SMILES string of the molecule is CC.NCc1ccc(CO)cc1. The lowest BCUT2D eigenvalue weighted by Gasteiger charge is -1.97. The molecule has 0 bridgehead atoms. The standard InChI is InChI=1S/C8H11NO.C2H6/c9-5-7-1-3-8(6-10)4-2-7;1-2/h1-4,10H,5-6,9H2;1-2H3. The Balaban J connectivity index is 0.000000561. The van der Waals surface area contributed by atoms with Crippen LogP contribution in [0.4, 0.5) is 0 Å². The fourth-order valence-corrected chi connectivity index (χ4v) is 0.781. The van der Waals surface area contributed by atoms with E-state index < -0.39 is 0 Å². The molecule has 0 aliphatic rings. The van der Waals surface area contributed by atoms with Crippen LogP contribution in [0.25, 0.3) is 0 Å². The molecule has 0 aromatic heterocycles. The number of hydrogen-bond acceptors (Lipinski definition) is 2. The van der Waals surface area contributed by atoms with E-state index in [1.165, 1.54) is 0 Å². The van der Waals surface area contributed by atoms with Crippen molar-refractivity contribution in [2.45, 2.75) is 27.0 Å². The summed E-state index contributed by atoms with van der Waals surface area (Å²) in [5, 5.41) is 8.67. The topological polar surface area (TPSA) is 46.2 Å². The van der Waals surface area contributed by atoms with Gasteiger partial charge in [-0.15, -0.1) is 0 Å². The van der Waals surface area contributed by atoms with Gasteiger partial charge in [-0.2, -0.15) is 0 Å². The molecule has 0 spiro atoms. The first-order valence-electron chi connectivity index (χ1n) is 4.25. The second kappa shape index (κ2) is 6.83. The van der Waals surface area contributed by atoms with Crippen molar-refractivity contribution in [1.29, 1.82) is 0 Å². The van der Waals surface area contributed by atoms with Crippen LogP contribution in [-0.4, -0.2) is 5.11 Å². The third-order valence-electron chi connectivity index (χ3n) is 1.44. The van der Waals surface area contributed by atoms with Crippen molar-refractivity contribution in [1.82, 2.24) is 0 Å². The van der Waals surface area contributed by atoms with Gasteiger partial charge in [0.15, 0.2) is 0 Å². The molecule has 2 heteroatoms. The molecule has 1 aromatic carbocycles. The van der Waals surface area contributed by atoms with E-state index in [9.17, 15) is 0 Å². The van der Waals surface area contributed by atoms with Crippen LogP contribution in [0.15, 0.2) is 24.3 Å². The lowest BCUT2D eigenvalue weighted by molar-refractivity contribution is 0.282. The summed E-state index contributed by atoms with van der Waals surface area (Å²) in [5.74, 6) is 0. The predicted octanol–water partition coefficient (Wildman–Crippen LogP) is 1.66. The van der Waals surface area contributed by atoms with E-state index in [0.29, 0.717) is 6.54 Å². The Morgan fingerprint density at radius 2 is 1.50 bits per heavy atom. The van der Waals surface area contributed by atoms with Gasteiger partial charge in [0.1, 0.15) is 0 Å². The lowest BCUT2D eigenvalue weighted by Crippen LogP contribution is -1.95. The average molecular weight is 167 g/mol. The van der Waals surface area contributed by atoms with Crippen molar-refractivity contribution in [2.75, 3.05) is 0 Å². The Labute approximate surface area is 74.0 Å². The third-order valence-corrected chi connectivity index (χ3v) is 1.44. The third kappa shape index (κ3) is 3.51. The Hall–Kier alpha value is -0.860. The molecule has 0 aliphatic carbocycles. The van der Waals surface area contributed by atoms with Crippen LogP contribution in [0.3, 0.4) is 0 Å². The molecule has 12 heavy (non-hydrogen) atoms. The number of aliphatic hydroxyl groups excluding tert-OH is 1. The molecular weight excluding hydrogens is 150 g/mol.